The molecule has 0 fully saturated rings. The highest BCUT2D eigenvalue weighted by molar-refractivity contribution is 6.06. The van der Waals surface area contributed by atoms with Crippen LogP contribution in [-0.2, 0) is 0 Å². The van der Waals surface area contributed by atoms with Crippen molar-refractivity contribution in [2.24, 2.45) is 0 Å². The third kappa shape index (κ3) is 1.96. The molecule has 0 aliphatic heterocycles. The molecule has 1 heterocycles. The fourth-order valence-electron chi connectivity index (χ4n) is 2.89. The van der Waals surface area contributed by atoms with Gasteiger partial charge in [-0.05, 0) is 53.9 Å². The average Bonchev–Trinajstić information content (AvgIpc) is 2.84. The van der Waals surface area contributed by atoms with Crippen molar-refractivity contribution in [2.75, 3.05) is 5.73 Å². The maximum absolute atomic E-state index is 5.96. The van der Waals surface area contributed by atoms with E-state index in [9.17, 15) is 0 Å². The van der Waals surface area contributed by atoms with Gasteiger partial charge in [0.1, 0.15) is 11.2 Å². The average molecular weight is 273 g/mol. The fraction of sp³-hybridized carbons (Fsp3) is 0.0526. The van der Waals surface area contributed by atoms with E-state index in [0.29, 0.717) is 0 Å². The fourth-order valence-corrected chi connectivity index (χ4v) is 2.89. The van der Waals surface area contributed by atoms with Gasteiger partial charge in [-0.15, -0.1) is 0 Å². The van der Waals surface area contributed by atoms with E-state index in [1.165, 1.54) is 5.56 Å². The second kappa shape index (κ2) is 4.38. The van der Waals surface area contributed by atoms with Crippen LogP contribution in [0.2, 0.25) is 0 Å². The molecule has 2 nitrogen and oxygen atoms in total. The summed E-state index contributed by atoms with van der Waals surface area (Å²) in [6.07, 6.45) is 0. The summed E-state index contributed by atoms with van der Waals surface area (Å²) in [5, 5.41) is 2.29. The largest absolute Gasteiger partial charge is 0.456 e. The standard InChI is InChI=1S/C19H15NO/c1-12-8-14(10-15(20)9-12)13-6-7-19-17(11-13)16-4-2-3-5-18(16)21-19/h2-11H,20H2,1H3. The van der Waals surface area contributed by atoms with E-state index in [-0.39, 0.29) is 0 Å². The van der Waals surface area contributed by atoms with Crippen LogP contribution in [0.15, 0.2) is 65.1 Å². The molecule has 0 spiro atoms. The Morgan fingerprint density at radius 3 is 2.43 bits per heavy atom. The van der Waals surface area contributed by atoms with Crippen molar-refractivity contribution in [3.63, 3.8) is 0 Å². The van der Waals surface area contributed by atoms with Crippen molar-refractivity contribution in [2.45, 2.75) is 6.92 Å². The molecular formula is C19H15NO. The lowest BCUT2D eigenvalue weighted by atomic mass is 10.0. The molecule has 2 N–H and O–H groups in total. The minimum atomic E-state index is 0.794. The van der Waals surface area contributed by atoms with Gasteiger partial charge in [-0.1, -0.05) is 30.3 Å². The number of fused-ring (bicyclic) bond motifs is 3. The topological polar surface area (TPSA) is 39.2 Å². The zero-order chi connectivity index (χ0) is 14.4. The Labute approximate surface area is 122 Å². The van der Waals surface area contributed by atoms with Crippen LogP contribution in [0.5, 0.6) is 0 Å². The molecule has 0 bridgehead atoms. The molecule has 21 heavy (non-hydrogen) atoms. The van der Waals surface area contributed by atoms with Crippen LogP contribution in [0.3, 0.4) is 0 Å². The highest BCUT2D eigenvalue weighted by Crippen LogP contribution is 2.32. The molecule has 4 aromatic rings. The summed E-state index contributed by atoms with van der Waals surface area (Å²) in [5.41, 5.74) is 12.1. The van der Waals surface area contributed by atoms with E-state index in [0.717, 1.165) is 38.8 Å². The Balaban J connectivity index is 1.99. The Hall–Kier alpha value is -2.74. The van der Waals surface area contributed by atoms with Crippen LogP contribution in [0.25, 0.3) is 33.1 Å². The number of aryl methyl sites for hydroxylation is 1. The number of rotatable bonds is 1. The molecule has 0 atom stereocenters. The zero-order valence-corrected chi connectivity index (χ0v) is 11.8. The van der Waals surface area contributed by atoms with Gasteiger partial charge >= 0.3 is 0 Å². The molecule has 4 rings (SSSR count). The van der Waals surface area contributed by atoms with Crippen molar-refractivity contribution in [3.05, 3.63) is 66.2 Å². The van der Waals surface area contributed by atoms with Crippen LogP contribution >= 0.6 is 0 Å². The van der Waals surface area contributed by atoms with Gasteiger partial charge in [0.05, 0.1) is 0 Å². The van der Waals surface area contributed by atoms with Gasteiger partial charge in [0, 0.05) is 16.5 Å². The molecule has 0 saturated carbocycles. The number of nitrogen functional groups attached to an aromatic ring is 1. The molecule has 0 aliphatic carbocycles. The maximum atomic E-state index is 5.96. The van der Waals surface area contributed by atoms with E-state index < -0.39 is 0 Å². The van der Waals surface area contributed by atoms with Crippen LogP contribution in [0, 0.1) is 6.92 Å². The van der Waals surface area contributed by atoms with Crippen molar-refractivity contribution in [1.82, 2.24) is 0 Å². The molecule has 3 aromatic carbocycles. The van der Waals surface area contributed by atoms with E-state index >= 15 is 0 Å². The van der Waals surface area contributed by atoms with Gasteiger partial charge in [-0.3, -0.25) is 0 Å². The predicted molar refractivity (Wildman–Crippen MR) is 88.3 cm³/mol. The molecule has 0 aliphatic rings. The highest BCUT2D eigenvalue weighted by Gasteiger charge is 2.08. The van der Waals surface area contributed by atoms with Gasteiger partial charge < -0.3 is 10.2 Å². The lowest BCUT2D eigenvalue weighted by Crippen LogP contribution is -1.87. The summed E-state index contributed by atoms with van der Waals surface area (Å²) < 4.78 is 5.87. The second-order valence-electron chi connectivity index (χ2n) is 5.44. The second-order valence-corrected chi connectivity index (χ2v) is 5.44. The van der Waals surface area contributed by atoms with Crippen molar-refractivity contribution < 1.29 is 4.42 Å². The minimum Gasteiger partial charge on any atom is -0.456 e. The van der Waals surface area contributed by atoms with Crippen LogP contribution < -0.4 is 5.73 Å². The van der Waals surface area contributed by atoms with Crippen molar-refractivity contribution >= 4 is 27.6 Å². The van der Waals surface area contributed by atoms with Gasteiger partial charge in [-0.2, -0.15) is 0 Å². The number of anilines is 1. The quantitative estimate of drug-likeness (QED) is 0.487. The molecule has 0 amide bonds. The molecule has 0 unspecified atom stereocenters. The summed E-state index contributed by atoms with van der Waals surface area (Å²) >= 11 is 0. The Bertz CT molecular complexity index is 946. The van der Waals surface area contributed by atoms with Gasteiger partial charge in [-0.25, -0.2) is 0 Å². The number of para-hydroxylation sites is 1. The molecule has 2 heteroatoms. The summed E-state index contributed by atoms with van der Waals surface area (Å²) in [6, 6.07) is 20.6. The molecule has 1 aromatic heterocycles. The highest BCUT2D eigenvalue weighted by atomic mass is 16.3. The molecule has 102 valence electrons. The first-order chi connectivity index (χ1) is 10.2. The first-order valence-electron chi connectivity index (χ1n) is 6.99. The Morgan fingerprint density at radius 1 is 0.762 bits per heavy atom. The zero-order valence-electron chi connectivity index (χ0n) is 11.8. The maximum Gasteiger partial charge on any atom is 0.135 e. The summed E-state index contributed by atoms with van der Waals surface area (Å²) in [5.74, 6) is 0. The van der Waals surface area contributed by atoms with Crippen LogP contribution in [0.1, 0.15) is 5.56 Å². The monoisotopic (exact) mass is 273 g/mol. The lowest BCUT2D eigenvalue weighted by Gasteiger charge is -2.05. The van der Waals surface area contributed by atoms with Crippen molar-refractivity contribution in [3.8, 4) is 11.1 Å². The van der Waals surface area contributed by atoms with Crippen molar-refractivity contribution in [1.29, 1.82) is 0 Å². The van der Waals surface area contributed by atoms with Gasteiger partial charge in [0.15, 0.2) is 0 Å². The first-order valence-corrected chi connectivity index (χ1v) is 6.99. The number of furan rings is 1. The van der Waals surface area contributed by atoms with Gasteiger partial charge in [0.25, 0.3) is 0 Å². The Morgan fingerprint density at radius 2 is 1.57 bits per heavy atom. The first kappa shape index (κ1) is 12.0. The smallest absolute Gasteiger partial charge is 0.135 e. The Kier molecular flexibility index (Phi) is 2.51. The predicted octanol–water partition coefficient (Wildman–Crippen LogP) is 5.14. The van der Waals surface area contributed by atoms with Gasteiger partial charge in [0.2, 0.25) is 0 Å². The molecular weight excluding hydrogens is 258 g/mol. The lowest BCUT2D eigenvalue weighted by molar-refractivity contribution is 0.669. The minimum absolute atomic E-state index is 0.794. The third-order valence-corrected chi connectivity index (χ3v) is 3.81. The van der Waals surface area contributed by atoms with E-state index in [1.54, 1.807) is 0 Å². The SMILES string of the molecule is Cc1cc(N)cc(-c2ccc3oc4ccccc4c3c2)c1. The normalized spacial score (nSPS) is 11.3. The number of hydrogen-bond acceptors (Lipinski definition) is 2. The van der Waals surface area contributed by atoms with E-state index in [1.807, 2.05) is 36.4 Å². The molecule has 0 radical (unpaired) electrons. The number of hydrogen-bond donors (Lipinski definition) is 1. The van der Waals surface area contributed by atoms with E-state index in [4.69, 9.17) is 10.2 Å². The number of nitrogens with two attached hydrogens (primary N) is 1. The van der Waals surface area contributed by atoms with E-state index in [2.05, 4.69) is 31.2 Å². The van der Waals surface area contributed by atoms with Crippen LogP contribution in [0.4, 0.5) is 5.69 Å². The summed E-state index contributed by atoms with van der Waals surface area (Å²) in [4.78, 5) is 0. The third-order valence-electron chi connectivity index (χ3n) is 3.81. The summed E-state index contributed by atoms with van der Waals surface area (Å²) in [6.45, 7) is 2.06. The summed E-state index contributed by atoms with van der Waals surface area (Å²) in [7, 11) is 0. The molecule has 0 saturated heterocycles. The van der Waals surface area contributed by atoms with Crippen LogP contribution in [-0.4, -0.2) is 0 Å². The number of benzene rings is 3.